The second-order valence-corrected chi connectivity index (χ2v) is 9.89. The normalized spacial score (nSPS) is 11.5. The van der Waals surface area contributed by atoms with Crippen LogP contribution in [0.5, 0.6) is 0 Å². The van der Waals surface area contributed by atoms with Gasteiger partial charge in [0.15, 0.2) is 5.58 Å². The molecule has 0 spiro atoms. The van der Waals surface area contributed by atoms with Gasteiger partial charge in [0.05, 0.1) is 16.7 Å². The second-order valence-electron chi connectivity index (χ2n) is 9.89. The van der Waals surface area contributed by atoms with Crippen molar-refractivity contribution in [2.24, 2.45) is 0 Å². The minimum atomic E-state index is 0.610. The van der Waals surface area contributed by atoms with Crippen LogP contribution < -0.4 is 0 Å². The zero-order chi connectivity index (χ0) is 26.5. The number of nitrogens with zero attached hydrogens (tertiary/aromatic N) is 3. The summed E-state index contributed by atoms with van der Waals surface area (Å²) in [5, 5.41) is 2.39. The van der Waals surface area contributed by atoms with Crippen molar-refractivity contribution in [2.75, 3.05) is 0 Å². The van der Waals surface area contributed by atoms with Crippen LogP contribution in [0.15, 0.2) is 144 Å². The number of fused-ring (bicyclic) bond motifs is 4. The monoisotopic (exact) mass is 513 g/mol. The van der Waals surface area contributed by atoms with Crippen molar-refractivity contribution in [3.63, 3.8) is 0 Å². The Morgan fingerprint density at radius 3 is 2.25 bits per heavy atom. The van der Waals surface area contributed by atoms with Crippen LogP contribution >= 0.6 is 0 Å². The maximum atomic E-state index is 6.46. The number of aromatic nitrogens is 3. The summed E-state index contributed by atoms with van der Waals surface area (Å²) in [5.41, 5.74) is 10.1. The molecule has 4 heteroatoms. The van der Waals surface area contributed by atoms with E-state index in [4.69, 9.17) is 9.40 Å². The van der Waals surface area contributed by atoms with E-state index in [-0.39, 0.29) is 0 Å². The van der Waals surface area contributed by atoms with E-state index < -0.39 is 0 Å². The number of hydrogen-bond acceptors (Lipinski definition) is 3. The molecule has 5 aromatic carbocycles. The van der Waals surface area contributed by atoms with E-state index >= 15 is 0 Å². The van der Waals surface area contributed by atoms with E-state index in [1.807, 2.05) is 54.7 Å². The Bertz CT molecular complexity index is 2160. The van der Waals surface area contributed by atoms with E-state index in [1.54, 1.807) is 0 Å². The van der Waals surface area contributed by atoms with Crippen molar-refractivity contribution >= 4 is 32.9 Å². The molecule has 8 aromatic rings. The molecule has 0 saturated heterocycles. The molecular formula is C36H23N3O. The van der Waals surface area contributed by atoms with E-state index in [0.29, 0.717) is 5.89 Å². The fourth-order valence-corrected chi connectivity index (χ4v) is 5.64. The Morgan fingerprint density at radius 1 is 0.550 bits per heavy atom. The molecule has 0 atom stereocenters. The van der Waals surface area contributed by atoms with Gasteiger partial charge >= 0.3 is 0 Å². The molecule has 0 aliphatic carbocycles. The van der Waals surface area contributed by atoms with Crippen LogP contribution in [0.4, 0.5) is 0 Å². The molecule has 3 heterocycles. The standard InChI is InChI=1S/C36H23N3O/c1-2-10-24(11-3-1)28-15-9-17-32-35(28)40-36(38-32)26-19-20-30-29-14-4-5-18-33(29)39(34(30)23-26)27-13-8-12-25(22-27)31-16-6-7-21-37-31/h1-23H. The predicted octanol–water partition coefficient (Wildman–Crippen LogP) is 9.32. The zero-order valence-electron chi connectivity index (χ0n) is 21.5. The van der Waals surface area contributed by atoms with Crippen LogP contribution in [0.3, 0.4) is 0 Å². The van der Waals surface area contributed by atoms with Crippen LogP contribution in [0, 0.1) is 0 Å². The van der Waals surface area contributed by atoms with Gasteiger partial charge in [0, 0.05) is 39.3 Å². The summed E-state index contributed by atoms with van der Waals surface area (Å²) in [6.07, 6.45) is 1.83. The molecule has 3 aromatic heterocycles. The van der Waals surface area contributed by atoms with Crippen molar-refractivity contribution in [2.45, 2.75) is 0 Å². The lowest BCUT2D eigenvalue weighted by Crippen LogP contribution is -1.95. The van der Waals surface area contributed by atoms with Crippen LogP contribution in [-0.4, -0.2) is 14.5 Å². The average Bonchev–Trinajstić information content (AvgIpc) is 3.61. The fraction of sp³-hybridized carbons (Fsp3) is 0. The Balaban J connectivity index is 1.33. The molecule has 0 amide bonds. The molecular weight excluding hydrogens is 490 g/mol. The van der Waals surface area contributed by atoms with Crippen molar-refractivity contribution < 1.29 is 4.42 Å². The minimum absolute atomic E-state index is 0.610. The Morgan fingerprint density at radius 2 is 1.35 bits per heavy atom. The largest absolute Gasteiger partial charge is 0.435 e. The third kappa shape index (κ3) is 3.62. The molecule has 4 nitrogen and oxygen atoms in total. The Labute approximate surface area is 230 Å². The van der Waals surface area contributed by atoms with Gasteiger partial charge in [-0.1, -0.05) is 84.9 Å². The summed E-state index contributed by atoms with van der Waals surface area (Å²) in [6, 6.07) is 46.0. The maximum Gasteiger partial charge on any atom is 0.227 e. The molecule has 0 N–H and O–H groups in total. The fourth-order valence-electron chi connectivity index (χ4n) is 5.64. The van der Waals surface area contributed by atoms with Gasteiger partial charge in [0.25, 0.3) is 0 Å². The van der Waals surface area contributed by atoms with E-state index in [2.05, 4.69) is 94.5 Å². The van der Waals surface area contributed by atoms with E-state index in [0.717, 1.165) is 55.8 Å². The molecule has 0 fully saturated rings. The van der Waals surface area contributed by atoms with Gasteiger partial charge in [-0.3, -0.25) is 4.98 Å². The third-order valence-electron chi connectivity index (χ3n) is 7.49. The van der Waals surface area contributed by atoms with Gasteiger partial charge in [-0.25, -0.2) is 4.98 Å². The summed E-state index contributed by atoms with van der Waals surface area (Å²) >= 11 is 0. The summed E-state index contributed by atoms with van der Waals surface area (Å²) in [7, 11) is 0. The van der Waals surface area contributed by atoms with E-state index in [1.165, 1.54) is 10.8 Å². The van der Waals surface area contributed by atoms with Crippen LogP contribution in [0.25, 0.3) is 72.4 Å². The van der Waals surface area contributed by atoms with Gasteiger partial charge in [-0.2, -0.15) is 0 Å². The molecule has 0 bridgehead atoms. The van der Waals surface area contributed by atoms with Gasteiger partial charge in [-0.15, -0.1) is 0 Å². The SMILES string of the molecule is c1ccc(-c2cccc3nc(-c4ccc5c6ccccc6n(-c6cccc(-c7ccccn7)c6)c5c4)oc23)cc1. The number of benzene rings is 5. The lowest BCUT2D eigenvalue weighted by molar-refractivity contribution is 0.621. The smallest absolute Gasteiger partial charge is 0.227 e. The summed E-state index contributed by atoms with van der Waals surface area (Å²) < 4.78 is 8.77. The van der Waals surface area contributed by atoms with Crippen molar-refractivity contribution in [1.82, 2.24) is 14.5 Å². The summed E-state index contributed by atoms with van der Waals surface area (Å²) in [4.78, 5) is 9.47. The van der Waals surface area contributed by atoms with Crippen molar-refractivity contribution in [3.8, 4) is 39.5 Å². The first kappa shape index (κ1) is 22.5. The van der Waals surface area contributed by atoms with Crippen LogP contribution in [0.2, 0.25) is 0 Å². The lowest BCUT2D eigenvalue weighted by atomic mass is 10.1. The van der Waals surface area contributed by atoms with Crippen LogP contribution in [0.1, 0.15) is 0 Å². The van der Waals surface area contributed by atoms with Crippen molar-refractivity contribution in [1.29, 1.82) is 0 Å². The van der Waals surface area contributed by atoms with E-state index in [9.17, 15) is 0 Å². The minimum Gasteiger partial charge on any atom is -0.435 e. The molecule has 0 saturated carbocycles. The zero-order valence-corrected chi connectivity index (χ0v) is 21.5. The molecule has 0 aliphatic heterocycles. The number of hydrogen-bond donors (Lipinski definition) is 0. The first-order valence-corrected chi connectivity index (χ1v) is 13.3. The quantitative estimate of drug-likeness (QED) is 0.235. The highest BCUT2D eigenvalue weighted by atomic mass is 16.3. The molecule has 188 valence electrons. The van der Waals surface area contributed by atoms with Crippen molar-refractivity contribution in [3.05, 3.63) is 140 Å². The van der Waals surface area contributed by atoms with Crippen LogP contribution in [-0.2, 0) is 0 Å². The second kappa shape index (κ2) is 9.07. The molecule has 0 aliphatic rings. The molecule has 0 radical (unpaired) electrons. The summed E-state index contributed by atoms with van der Waals surface area (Å²) in [6.45, 7) is 0. The predicted molar refractivity (Wildman–Crippen MR) is 162 cm³/mol. The Kier molecular flexibility index (Phi) is 5.10. The highest BCUT2D eigenvalue weighted by Gasteiger charge is 2.17. The number of para-hydroxylation sites is 2. The molecule has 8 rings (SSSR count). The number of oxazole rings is 1. The molecule has 40 heavy (non-hydrogen) atoms. The highest BCUT2D eigenvalue weighted by molar-refractivity contribution is 6.10. The molecule has 0 unspecified atom stereocenters. The number of rotatable bonds is 4. The highest BCUT2D eigenvalue weighted by Crippen LogP contribution is 2.37. The number of pyridine rings is 1. The van der Waals surface area contributed by atoms with Gasteiger partial charge in [0.1, 0.15) is 5.52 Å². The average molecular weight is 514 g/mol. The first-order valence-electron chi connectivity index (χ1n) is 13.3. The summed E-state index contributed by atoms with van der Waals surface area (Å²) in [5.74, 6) is 0.610. The lowest BCUT2D eigenvalue weighted by Gasteiger charge is -2.10. The van der Waals surface area contributed by atoms with Gasteiger partial charge in [-0.05, 0) is 54.1 Å². The maximum absolute atomic E-state index is 6.46. The topological polar surface area (TPSA) is 43.9 Å². The Hall–Kier alpha value is -5.48. The first-order chi connectivity index (χ1) is 19.8. The third-order valence-corrected chi connectivity index (χ3v) is 7.49. The van der Waals surface area contributed by atoms with Gasteiger partial charge in [0.2, 0.25) is 5.89 Å². The van der Waals surface area contributed by atoms with Gasteiger partial charge < -0.3 is 8.98 Å².